The highest BCUT2D eigenvalue weighted by Crippen LogP contribution is 2.39. The molecule has 114 valence electrons. The van der Waals surface area contributed by atoms with Crippen LogP contribution in [0.5, 0.6) is 11.5 Å². The Morgan fingerprint density at radius 2 is 2.09 bits per heavy atom. The van der Waals surface area contributed by atoms with E-state index in [0.29, 0.717) is 17.1 Å². The van der Waals surface area contributed by atoms with Crippen molar-refractivity contribution in [3.05, 3.63) is 47.3 Å². The molecule has 0 spiro atoms. The minimum Gasteiger partial charge on any atom is -0.507 e. The Kier molecular flexibility index (Phi) is 2.71. The number of fused-ring (bicyclic) bond motifs is 4. The summed E-state index contributed by atoms with van der Waals surface area (Å²) in [6.07, 6.45) is -0.622. The Labute approximate surface area is 129 Å². The topological polar surface area (TPSA) is 109 Å². The van der Waals surface area contributed by atoms with Gasteiger partial charge in [0.1, 0.15) is 29.0 Å². The normalized spacial score (nSPS) is 18.2. The van der Waals surface area contributed by atoms with Crippen LogP contribution in [0.25, 0.3) is 0 Å². The van der Waals surface area contributed by atoms with Gasteiger partial charge in [0.25, 0.3) is 0 Å². The van der Waals surface area contributed by atoms with Crippen LogP contribution in [0, 0.1) is 0 Å². The van der Waals surface area contributed by atoms with Gasteiger partial charge < -0.3 is 14.9 Å². The van der Waals surface area contributed by atoms with Gasteiger partial charge in [-0.25, -0.2) is 14.8 Å². The van der Waals surface area contributed by atoms with E-state index in [1.165, 1.54) is 0 Å². The van der Waals surface area contributed by atoms with Gasteiger partial charge in [0, 0.05) is 6.07 Å². The van der Waals surface area contributed by atoms with Crippen molar-refractivity contribution in [2.45, 2.75) is 12.5 Å². The van der Waals surface area contributed by atoms with Crippen LogP contribution in [0.3, 0.4) is 0 Å². The van der Waals surface area contributed by atoms with Crippen molar-refractivity contribution in [2.24, 2.45) is 4.99 Å². The Hall–Kier alpha value is -3.22. The summed E-state index contributed by atoms with van der Waals surface area (Å²) in [5, 5.41) is 19.2. The molecule has 1 aromatic carbocycles. The Morgan fingerprint density at radius 1 is 1.30 bits per heavy atom. The molecule has 2 heterocycles. The number of aromatic nitrogens is 1. The zero-order chi connectivity index (χ0) is 16.1. The number of ketones is 1. The average molecular weight is 310 g/mol. The molecule has 0 amide bonds. The highest BCUT2D eigenvalue weighted by atomic mass is 16.5. The van der Waals surface area contributed by atoms with Crippen molar-refractivity contribution >= 4 is 23.2 Å². The van der Waals surface area contributed by atoms with Gasteiger partial charge in [0.05, 0.1) is 17.7 Å². The van der Waals surface area contributed by atoms with Gasteiger partial charge in [-0.2, -0.15) is 0 Å². The first-order valence-electron chi connectivity index (χ1n) is 6.89. The molecule has 4 rings (SSSR count). The van der Waals surface area contributed by atoms with Crippen LogP contribution in [-0.2, 0) is 0 Å². The molecule has 1 aromatic heterocycles. The fourth-order valence-electron chi connectivity index (χ4n) is 2.78. The highest BCUT2D eigenvalue weighted by Gasteiger charge is 2.38. The molecule has 2 N–H and O–H groups in total. The summed E-state index contributed by atoms with van der Waals surface area (Å²) in [5.41, 5.74) is 0.651. The van der Waals surface area contributed by atoms with E-state index < -0.39 is 12.1 Å². The number of carboxylic acid groups (broad SMARTS) is 1. The van der Waals surface area contributed by atoms with Crippen LogP contribution in [0.4, 0.5) is 5.69 Å². The van der Waals surface area contributed by atoms with E-state index in [1.54, 1.807) is 24.3 Å². The van der Waals surface area contributed by atoms with Crippen molar-refractivity contribution in [3.8, 4) is 11.5 Å². The quantitative estimate of drug-likeness (QED) is 0.833. The van der Waals surface area contributed by atoms with Crippen LogP contribution in [0.2, 0.25) is 0 Å². The van der Waals surface area contributed by atoms with Crippen molar-refractivity contribution < 1.29 is 24.5 Å². The summed E-state index contributed by atoms with van der Waals surface area (Å²) >= 11 is 0. The number of benzene rings is 1. The van der Waals surface area contributed by atoms with Crippen molar-refractivity contribution in [1.82, 2.24) is 4.98 Å². The number of Topliss-reactive ketones (excluding diaryl/α,β-unsaturated/α-hetero) is 1. The molecule has 0 bridgehead atoms. The van der Waals surface area contributed by atoms with Gasteiger partial charge in [-0.1, -0.05) is 12.1 Å². The molecule has 0 saturated heterocycles. The summed E-state index contributed by atoms with van der Waals surface area (Å²) in [7, 11) is 0. The van der Waals surface area contributed by atoms with Crippen LogP contribution in [-0.4, -0.2) is 38.8 Å². The molecule has 2 aliphatic rings. The van der Waals surface area contributed by atoms with Crippen molar-refractivity contribution in [1.29, 1.82) is 0 Å². The van der Waals surface area contributed by atoms with E-state index in [9.17, 15) is 14.7 Å². The van der Waals surface area contributed by atoms with Crippen LogP contribution in [0.1, 0.15) is 33.0 Å². The van der Waals surface area contributed by atoms with Gasteiger partial charge in [0.2, 0.25) is 0 Å². The number of aliphatic imine (C=N–C) groups is 1. The van der Waals surface area contributed by atoms with Crippen LogP contribution in [0.15, 0.2) is 35.3 Å². The fraction of sp³-hybridized carbons (Fsp3) is 0.125. The maximum Gasteiger partial charge on any atom is 0.354 e. The lowest BCUT2D eigenvalue weighted by Crippen LogP contribution is -2.38. The number of ether oxygens (including phenoxy) is 1. The molecule has 1 unspecified atom stereocenters. The fourth-order valence-corrected chi connectivity index (χ4v) is 2.78. The summed E-state index contributed by atoms with van der Waals surface area (Å²) in [6, 6.07) is 8.12. The number of nitrogens with zero attached hydrogens (tertiary/aromatic N) is 2. The molecule has 1 atom stereocenters. The predicted octanol–water partition coefficient (Wildman–Crippen LogP) is 1.95. The first-order chi connectivity index (χ1) is 11.0. The smallest absolute Gasteiger partial charge is 0.354 e. The monoisotopic (exact) mass is 310 g/mol. The molecule has 1 aliphatic carbocycles. The average Bonchev–Trinajstić information content (AvgIpc) is 2.53. The lowest BCUT2D eigenvalue weighted by molar-refractivity contribution is 0.0689. The van der Waals surface area contributed by atoms with Crippen molar-refractivity contribution in [3.63, 3.8) is 0 Å². The lowest BCUT2D eigenvalue weighted by atomic mass is 9.88. The summed E-state index contributed by atoms with van der Waals surface area (Å²) in [5.74, 6) is -1.48. The van der Waals surface area contributed by atoms with E-state index in [2.05, 4.69) is 9.98 Å². The molecule has 0 saturated carbocycles. The second-order valence-electron chi connectivity index (χ2n) is 5.25. The maximum atomic E-state index is 12.3. The first-order valence-corrected chi connectivity index (χ1v) is 6.89. The summed E-state index contributed by atoms with van der Waals surface area (Å²) in [6.45, 7) is 0. The number of carbonyl (C=O) groups is 2. The second kappa shape index (κ2) is 4.64. The predicted molar refractivity (Wildman–Crippen MR) is 78.9 cm³/mol. The molecule has 7 heteroatoms. The van der Waals surface area contributed by atoms with E-state index >= 15 is 0 Å². The number of hydrogen-bond acceptors (Lipinski definition) is 6. The first kappa shape index (κ1) is 13.4. The maximum absolute atomic E-state index is 12.3. The molecule has 0 radical (unpaired) electrons. The van der Waals surface area contributed by atoms with E-state index in [-0.39, 0.29) is 34.9 Å². The minimum atomic E-state index is -1.31. The largest absolute Gasteiger partial charge is 0.507 e. The van der Waals surface area contributed by atoms with Gasteiger partial charge in [0.15, 0.2) is 11.5 Å². The summed E-state index contributed by atoms with van der Waals surface area (Å²) < 4.78 is 5.79. The molecular weight excluding hydrogens is 300 g/mol. The molecular formula is C16H10N2O5. The molecule has 0 fully saturated rings. The Bertz CT molecular complexity index is 903. The number of aromatic hydroxyl groups is 1. The zero-order valence-electron chi connectivity index (χ0n) is 11.7. The third-order valence-corrected chi connectivity index (χ3v) is 3.79. The number of aromatic carboxylic acids is 1. The number of para-hydroxylation sites is 2. The standard InChI is InChI=1S/C16H10N2O5/c19-9-5-8(16(21)22)18-14-10(20)6-12-15(13(9)14)17-7-3-1-2-4-11(7)23-12/h1-5,12H,6H2,(H,18,19)(H,21,22). The number of carboxylic acids is 1. The SMILES string of the molecule is O=C(O)c1cc(O)c2c(n1)C(=O)CC1Oc3ccccc3N=C21. The highest BCUT2D eigenvalue weighted by molar-refractivity contribution is 6.20. The summed E-state index contributed by atoms with van der Waals surface area (Å²) in [4.78, 5) is 31.7. The van der Waals surface area contributed by atoms with Crippen LogP contribution < -0.4 is 4.74 Å². The Morgan fingerprint density at radius 3 is 2.87 bits per heavy atom. The van der Waals surface area contributed by atoms with Gasteiger partial charge >= 0.3 is 5.97 Å². The second-order valence-corrected chi connectivity index (χ2v) is 5.25. The third kappa shape index (κ3) is 1.97. The number of pyridine rings is 1. The third-order valence-electron chi connectivity index (χ3n) is 3.79. The van der Waals surface area contributed by atoms with Gasteiger partial charge in [-0.3, -0.25) is 4.79 Å². The zero-order valence-corrected chi connectivity index (χ0v) is 11.7. The molecule has 7 nitrogen and oxygen atoms in total. The Balaban J connectivity index is 1.96. The van der Waals surface area contributed by atoms with Gasteiger partial charge in [-0.15, -0.1) is 0 Å². The number of hydrogen-bond donors (Lipinski definition) is 2. The molecule has 2 aromatic rings. The lowest BCUT2D eigenvalue weighted by Gasteiger charge is -2.30. The number of rotatable bonds is 1. The molecule has 23 heavy (non-hydrogen) atoms. The van der Waals surface area contributed by atoms with E-state index in [1.807, 2.05) is 0 Å². The van der Waals surface area contributed by atoms with E-state index in [0.717, 1.165) is 6.07 Å². The molecule has 1 aliphatic heterocycles. The van der Waals surface area contributed by atoms with Crippen molar-refractivity contribution in [2.75, 3.05) is 0 Å². The van der Waals surface area contributed by atoms with Crippen LogP contribution >= 0.6 is 0 Å². The van der Waals surface area contributed by atoms with Gasteiger partial charge in [-0.05, 0) is 12.1 Å². The van der Waals surface area contributed by atoms with E-state index in [4.69, 9.17) is 9.84 Å². The minimum absolute atomic E-state index is 0.00429. The number of carbonyl (C=O) groups excluding carboxylic acids is 1.